The van der Waals surface area contributed by atoms with Crippen LogP contribution in [0.25, 0.3) is 0 Å². The Hall–Kier alpha value is -2.73. The van der Waals surface area contributed by atoms with Gasteiger partial charge in [-0.25, -0.2) is 4.79 Å². The van der Waals surface area contributed by atoms with Crippen molar-refractivity contribution in [3.05, 3.63) is 54.1 Å². The molecule has 0 aromatic heterocycles. The predicted octanol–water partition coefficient (Wildman–Crippen LogP) is 3.49. The summed E-state index contributed by atoms with van der Waals surface area (Å²) in [6, 6.07) is 15.7. The van der Waals surface area contributed by atoms with Crippen LogP contribution in [0.4, 0.5) is 10.5 Å². The van der Waals surface area contributed by atoms with E-state index in [1.807, 2.05) is 48.2 Å². The van der Waals surface area contributed by atoms with E-state index in [-0.39, 0.29) is 6.03 Å². The molecule has 0 atom stereocenters. The molecule has 0 aliphatic carbocycles. The van der Waals surface area contributed by atoms with Crippen molar-refractivity contribution in [3.63, 3.8) is 0 Å². The number of benzene rings is 2. The van der Waals surface area contributed by atoms with Crippen molar-refractivity contribution in [1.82, 2.24) is 9.80 Å². The molecule has 150 valence electrons. The number of hydrogen-bond acceptors (Lipinski definition) is 4. The molecule has 1 aliphatic rings. The number of hydrogen-bond donors (Lipinski definition) is 1. The second kappa shape index (κ2) is 9.99. The molecule has 28 heavy (non-hydrogen) atoms. The van der Waals surface area contributed by atoms with Crippen molar-refractivity contribution in [2.45, 2.75) is 13.3 Å². The first kappa shape index (κ1) is 20.0. The van der Waals surface area contributed by atoms with E-state index in [0.717, 1.165) is 50.6 Å². The number of methoxy groups -OCH3 is 1. The molecule has 1 saturated heterocycles. The molecule has 2 aromatic carbocycles. The molecular formula is C22H29N3O3. The maximum Gasteiger partial charge on any atom is 0.322 e. The highest BCUT2D eigenvalue weighted by Gasteiger charge is 2.21. The Morgan fingerprint density at radius 2 is 1.75 bits per heavy atom. The number of ether oxygens (including phenoxy) is 2. The average molecular weight is 383 g/mol. The standard InChI is InChI=1S/C22H29N3O3/c1-3-28-21-7-5-4-6-20(21)23-22(26)25-16-14-24(15-17-25)13-12-18-8-10-19(27-2)11-9-18/h4-11H,3,12-17H2,1-2H3,(H,23,26). The Balaban J connectivity index is 1.45. The maximum absolute atomic E-state index is 12.6. The van der Waals surface area contributed by atoms with Crippen LogP contribution in [0.2, 0.25) is 0 Å². The minimum atomic E-state index is -0.0676. The first-order valence-corrected chi connectivity index (χ1v) is 9.82. The second-order valence-corrected chi connectivity index (χ2v) is 6.79. The number of piperazine rings is 1. The molecule has 1 heterocycles. The highest BCUT2D eigenvalue weighted by Crippen LogP contribution is 2.24. The SMILES string of the molecule is CCOc1ccccc1NC(=O)N1CCN(CCc2ccc(OC)cc2)CC1. The first-order valence-electron chi connectivity index (χ1n) is 9.82. The Morgan fingerprint density at radius 3 is 2.43 bits per heavy atom. The van der Waals surface area contributed by atoms with E-state index < -0.39 is 0 Å². The Morgan fingerprint density at radius 1 is 1.04 bits per heavy atom. The fourth-order valence-corrected chi connectivity index (χ4v) is 3.30. The lowest BCUT2D eigenvalue weighted by atomic mass is 10.1. The summed E-state index contributed by atoms with van der Waals surface area (Å²) >= 11 is 0. The molecule has 0 unspecified atom stereocenters. The summed E-state index contributed by atoms with van der Waals surface area (Å²) in [6.07, 6.45) is 0.998. The Kier molecular flexibility index (Phi) is 7.14. The molecule has 3 rings (SSSR count). The van der Waals surface area contributed by atoms with Gasteiger partial charge < -0.3 is 19.7 Å². The van der Waals surface area contributed by atoms with Gasteiger partial charge in [-0.2, -0.15) is 0 Å². The summed E-state index contributed by atoms with van der Waals surface area (Å²) in [5.74, 6) is 1.59. The van der Waals surface area contributed by atoms with Crippen LogP contribution < -0.4 is 14.8 Å². The lowest BCUT2D eigenvalue weighted by Gasteiger charge is -2.34. The number of nitrogens with zero attached hydrogens (tertiary/aromatic N) is 2. The average Bonchev–Trinajstić information content (AvgIpc) is 2.74. The summed E-state index contributed by atoms with van der Waals surface area (Å²) in [7, 11) is 1.68. The summed E-state index contributed by atoms with van der Waals surface area (Å²) < 4.78 is 10.8. The summed E-state index contributed by atoms with van der Waals surface area (Å²) in [5.41, 5.74) is 2.02. The zero-order chi connectivity index (χ0) is 19.8. The minimum absolute atomic E-state index is 0.0676. The number of anilines is 1. The molecular weight excluding hydrogens is 354 g/mol. The molecule has 0 spiro atoms. The highest BCUT2D eigenvalue weighted by molar-refractivity contribution is 5.91. The monoisotopic (exact) mass is 383 g/mol. The van der Waals surface area contributed by atoms with E-state index in [0.29, 0.717) is 12.4 Å². The van der Waals surface area contributed by atoms with Crippen molar-refractivity contribution in [1.29, 1.82) is 0 Å². The number of para-hydroxylation sites is 2. The van der Waals surface area contributed by atoms with Gasteiger partial charge in [0, 0.05) is 32.7 Å². The summed E-state index contributed by atoms with van der Waals surface area (Å²) in [5, 5.41) is 2.98. The highest BCUT2D eigenvalue weighted by atomic mass is 16.5. The van der Waals surface area contributed by atoms with E-state index in [2.05, 4.69) is 22.3 Å². The van der Waals surface area contributed by atoms with Crippen LogP contribution >= 0.6 is 0 Å². The van der Waals surface area contributed by atoms with E-state index in [1.54, 1.807) is 7.11 Å². The van der Waals surface area contributed by atoms with Gasteiger partial charge in [0.25, 0.3) is 0 Å². The van der Waals surface area contributed by atoms with Crippen LogP contribution in [0.15, 0.2) is 48.5 Å². The van der Waals surface area contributed by atoms with E-state index in [4.69, 9.17) is 9.47 Å². The van der Waals surface area contributed by atoms with Crippen LogP contribution in [-0.2, 0) is 6.42 Å². The number of carbonyl (C=O) groups is 1. The van der Waals surface area contributed by atoms with Crippen LogP contribution in [0.1, 0.15) is 12.5 Å². The van der Waals surface area contributed by atoms with Gasteiger partial charge in [-0.15, -0.1) is 0 Å². The van der Waals surface area contributed by atoms with Crippen molar-refractivity contribution in [2.24, 2.45) is 0 Å². The molecule has 1 fully saturated rings. The third-order valence-electron chi connectivity index (χ3n) is 4.96. The molecule has 0 bridgehead atoms. The third kappa shape index (κ3) is 5.39. The lowest BCUT2D eigenvalue weighted by Crippen LogP contribution is -2.50. The Labute approximate surface area is 167 Å². The molecule has 6 nitrogen and oxygen atoms in total. The van der Waals surface area contributed by atoms with E-state index >= 15 is 0 Å². The van der Waals surface area contributed by atoms with Gasteiger partial charge in [0.05, 0.1) is 19.4 Å². The molecule has 0 radical (unpaired) electrons. The van der Waals surface area contributed by atoms with Crippen LogP contribution in [-0.4, -0.2) is 62.3 Å². The zero-order valence-corrected chi connectivity index (χ0v) is 16.7. The van der Waals surface area contributed by atoms with E-state index in [9.17, 15) is 4.79 Å². The topological polar surface area (TPSA) is 54.0 Å². The zero-order valence-electron chi connectivity index (χ0n) is 16.7. The number of rotatable bonds is 7. The van der Waals surface area contributed by atoms with Gasteiger partial charge in [0.1, 0.15) is 11.5 Å². The van der Waals surface area contributed by atoms with Gasteiger partial charge in [-0.1, -0.05) is 24.3 Å². The minimum Gasteiger partial charge on any atom is -0.497 e. The van der Waals surface area contributed by atoms with Crippen LogP contribution in [0, 0.1) is 0 Å². The summed E-state index contributed by atoms with van der Waals surface area (Å²) in [6.45, 7) is 6.72. The quantitative estimate of drug-likeness (QED) is 0.795. The lowest BCUT2D eigenvalue weighted by molar-refractivity contribution is 0.148. The third-order valence-corrected chi connectivity index (χ3v) is 4.96. The Bertz CT molecular complexity index is 756. The maximum atomic E-state index is 12.6. The largest absolute Gasteiger partial charge is 0.497 e. The van der Waals surface area contributed by atoms with E-state index in [1.165, 1.54) is 5.56 Å². The van der Waals surface area contributed by atoms with Crippen molar-refractivity contribution in [3.8, 4) is 11.5 Å². The molecule has 0 saturated carbocycles. The van der Waals surface area contributed by atoms with Crippen LogP contribution in [0.3, 0.4) is 0 Å². The number of carbonyl (C=O) groups excluding carboxylic acids is 1. The number of amides is 2. The fourth-order valence-electron chi connectivity index (χ4n) is 3.30. The van der Waals surface area contributed by atoms with Crippen molar-refractivity contribution in [2.75, 3.05) is 51.8 Å². The predicted molar refractivity (Wildman–Crippen MR) is 111 cm³/mol. The number of urea groups is 1. The fraction of sp³-hybridized carbons (Fsp3) is 0.409. The van der Waals surface area contributed by atoms with Gasteiger partial charge in [0.15, 0.2) is 0 Å². The summed E-state index contributed by atoms with van der Waals surface area (Å²) in [4.78, 5) is 16.9. The second-order valence-electron chi connectivity index (χ2n) is 6.79. The first-order chi connectivity index (χ1) is 13.7. The van der Waals surface area contributed by atoms with Gasteiger partial charge >= 0.3 is 6.03 Å². The smallest absolute Gasteiger partial charge is 0.322 e. The van der Waals surface area contributed by atoms with Gasteiger partial charge in [0.2, 0.25) is 0 Å². The van der Waals surface area contributed by atoms with Gasteiger partial charge in [-0.05, 0) is 43.2 Å². The molecule has 2 aromatic rings. The van der Waals surface area contributed by atoms with Crippen LogP contribution in [0.5, 0.6) is 11.5 Å². The van der Waals surface area contributed by atoms with Crippen molar-refractivity contribution >= 4 is 11.7 Å². The molecule has 6 heteroatoms. The number of nitrogens with one attached hydrogen (secondary N) is 1. The normalized spacial score (nSPS) is 14.6. The molecule has 2 amide bonds. The van der Waals surface area contributed by atoms with Gasteiger partial charge in [-0.3, -0.25) is 4.90 Å². The van der Waals surface area contributed by atoms with Crippen molar-refractivity contribution < 1.29 is 14.3 Å². The molecule has 1 N–H and O–H groups in total. The molecule has 1 aliphatic heterocycles.